The highest BCUT2D eigenvalue weighted by Gasteiger charge is 2.36. The number of carbonyl (C=O) groups is 1. The van der Waals surface area contributed by atoms with Gasteiger partial charge in [-0.05, 0) is 38.5 Å². The summed E-state index contributed by atoms with van der Waals surface area (Å²) >= 11 is 5.91. The van der Waals surface area contributed by atoms with Crippen LogP contribution in [-0.2, 0) is 6.54 Å². The number of aromatic hydroxyl groups is 1. The number of hydrogen-bond acceptors (Lipinski definition) is 5. The molecule has 1 amide bonds. The van der Waals surface area contributed by atoms with Crippen molar-refractivity contribution in [2.45, 2.75) is 33.4 Å². The third-order valence-electron chi connectivity index (χ3n) is 6.08. The Kier molecular flexibility index (Phi) is 6.11. The summed E-state index contributed by atoms with van der Waals surface area (Å²) in [6, 6.07) is 3.92. The van der Waals surface area contributed by atoms with Gasteiger partial charge in [-0.3, -0.25) is 9.59 Å². The summed E-state index contributed by atoms with van der Waals surface area (Å²) in [7, 11) is 3.64. The Hall–Kier alpha value is -3.40. The summed E-state index contributed by atoms with van der Waals surface area (Å²) in [5.74, 6) is -0.505. The number of rotatable bonds is 4. The highest BCUT2D eigenvalue weighted by molar-refractivity contribution is 6.30. The molecule has 9 nitrogen and oxygen atoms in total. The van der Waals surface area contributed by atoms with Crippen molar-refractivity contribution >= 4 is 40.1 Å². The molecule has 3 aromatic rings. The number of aromatic nitrogens is 3. The fraction of sp³-hybridized carbons (Fsp3) is 0.391. The molecule has 1 aromatic carbocycles. The quantitative estimate of drug-likeness (QED) is 0.448. The molecule has 3 heterocycles. The van der Waals surface area contributed by atoms with Gasteiger partial charge in [-0.25, -0.2) is 14.1 Å². The predicted molar refractivity (Wildman–Crippen MR) is 129 cm³/mol. The van der Waals surface area contributed by atoms with Crippen LogP contribution < -0.4 is 5.56 Å². The Morgan fingerprint density at radius 2 is 2.06 bits per heavy atom. The van der Waals surface area contributed by atoms with Gasteiger partial charge < -0.3 is 19.5 Å². The van der Waals surface area contributed by atoms with Gasteiger partial charge in [0.2, 0.25) is 0 Å². The zero-order chi connectivity index (χ0) is 24.9. The number of aliphatic imine (C=N–C) groups is 1. The number of nitrogens with zero attached hydrogens (tertiary/aromatic N) is 6. The standard InChI is InChI=1S/C23H26ClFN6O3/c1-6-29-10-12(2)31-18-17(20(32)19(31)23(29)34)22(33)30(27-21(18)26-13(3)28(4)5)11-14-7-8-16(25)15(24)9-14/h7-9,12,32H,6,10-11H2,1-5H3/t12-/m0/s1. The minimum Gasteiger partial charge on any atom is -0.505 e. The minimum absolute atomic E-state index is 0.0250. The molecular formula is C23H26ClFN6O3. The third kappa shape index (κ3) is 3.81. The zero-order valence-electron chi connectivity index (χ0n) is 19.6. The Bertz CT molecular complexity index is 1390. The van der Waals surface area contributed by atoms with E-state index < -0.39 is 11.4 Å². The van der Waals surface area contributed by atoms with Gasteiger partial charge in [0.05, 0.1) is 11.6 Å². The lowest BCUT2D eigenvalue weighted by molar-refractivity contribution is 0.0686. The highest BCUT2D eigenvalue weighted by Crippen LogP contribution is 2.40. The van der Waals surface area contributed by atoms with Crippen molar-refractivity contribution in [1.82, 2.24) is 24.1 Å². The van der Waals surface area contributed by atoms with Crippen LogP contribution in [0.25, 0.3) is 10.9 Å². The van der Waals surface area contributed by atoms with Crippen molar-refractivity contribution in [2.24, 2.45) is 4.99 Å². The van der Waals surface area contributed by atoms with Crippen molar-refractivity contribution < 1.29 is 14.3 Å². The smallest absolute Gasteiger partial charge is 0.280 e. The molecule has 11 heteroatoms. The van der Waals surface area contributed by atoms with Crippen LogP contribution in [0.5, 0.6) is 5.75 Å². The maximum atomic E-state index is 13.6. The van der Waals surface area contributed by atoms with Gasteiger partial charge >= 0.3 is 0 Å². The van der Waals surface area contributed by atoms with Crippen LogP contribution in [0.4, 0.5) is 10.2 Å². The van der Waals surface area contributed by atoms with Crippen LogP contribution in [-0.4, -0.2) is 68.2 Å². The number of benzene rings is 1. The summed E-state index contributed by atoms with van der Waals surface area (Å²) < 4.78 is 16.4. The summed E-state index contributed by atoms with van der Waals surface area (Å²) in [6.45, 7) is 6.44. The fourth-order valence-corrected chi connectivity index (χ4v) is 4.34. The number of fused-ring (bicyclic) bond motifs is 3. The SMILES string of the molecule is CCN1C[C@H](C)n2c(c(O)c3c(=O)n(Cc4ccc(F)c(Cl)c4)nc(N=C(C)N(C)C)c32)C1=O. The summed E-state index contributed by atoms with van der Waals surface area (Å²) in [6.07, 6.45) is 0. The van der Waals surface area contributed by atoms with E-state index >= 15 is 0 Å². The molecule has 4 rings (SSSR count). The molecule has 1 aliphatic rings. The van der Waals surface area contributed by atoms with Crippen LogP contribution in [0, 0.1) is 5.82 Å². The van der Waals surface area contributed by atoms with E-state index in [-0.39, 0.29) is 46.2 Å². The van der Waals surface area contributed by atoms with E-state index in [0.717, 1.165) is 4.68 Å². The molecule has 2 aromatic heterocycles. The first-order chi connectivity index (χ1) is 16.0. The van der Waals surface area contributed by atoms with E-state index in [2.05, 4.69) is 10.1 Å². The van der Waals surface area contributed by atoms with Crippen molar-refractivity contribution in [1.29, 1.82) is 0 Å². The van der Waals surface area contributed by atoms with Gasteiger partial charge in [-0.15, -0.1) is 5.10 Å². The van der Waals surface area contributed by atoms with Gasteiger partial charge in [0, 0.05) is 33.2 Å². The van der Waals surface area contributed by atoms with Crippen molar-refractivity contribution in [3.05, 3.63) is 50.7 Å². The van der Waals surface area contributed by atoms with Crippen LogP contribution in [0.3, 0.4) is 0 Å². The number of halogens is 2. The van der Waals surface area contributed by atoms with E-state index in [1.165, 1.54) is 18.2 Å². The average Bonchev–Trinajstić information content (AvgIpc) is 3.10. The van der Waals surface area contributed by atoms with Gasteiger partial charge in [0.25, 0.3) is 11.5 Å². The molecule has 0 spiro atoms. The average molecular weight is 489 g/mol. The van der Waals surface area contributed by atoms with E-state index in [9.17, 15) is 19.1 Å². The zero-order valence-corrected chi connectivity index (χ0v) is 20.4. The molecule has 0 unspecified atom stereocenters. The number of carbonyl (C=O) groups excluding carboxylic acids is 1. The molecule has 1 N–H and O–H groups in total. The van der Waals surface area contributed by atoms with E-state index in [0.29, 0.717) is 30.0 Å². The molecule has 34 heavy (non-hydrogen) atoms. The van der Waals surface area contributed by atoms with Gasteiger partial charge in [0.1, 0.15) is 22.6 Å². The van der Waals surface area contributed by atoms with Crippen molar-refractivity contribution in [2.75, 3.05) is 27.2 Å². The molecule has 1 aliphatic heterocycles. The Morgan fingerprint density at radius 3 is 2.68 bits per heavy atom. The second kappa shape index (κ2) is 8.75. The van der Waals surface area contributed by atoms with Crippen LogP contribution in [0.1, 0.15) is 42.9 Å². The number of amides is 1. The molecule has 0 saturated heterocycles. The van der Waals surface area contributed by atoms with Crippen molar-refractivity contribution in [3.8, 4) is 5.75 Å². The monoisotopic (exact) mass is 488 g/mol. The summed E-state index contributed by atoms with van der Waals surface area (Å²) in [5.41, 5.74) is 0.323. The van der Waals surface area contributed by atoms with Crippen LogP contribution >= 0.6 is 11.6 Å². The number of likely N-dealkylation sites (N-methyl/N-ethyl adjacent to an activating group) is 1. The van der Waals surface area contributed by atoms with Gasteiger partial charge in [-0.1, -0.05) is 17.7 Å². The molecule has 0 saturated carbocycles. The van der Waals surface area contributed by atoms with E-state index in [1.807, 2.05) is 27.9 Å². The van der Waals surface area contributed by atoms with Crippen molar-refractivity contribution in [3.63, 3.8) is 0 Å². The molecule has 0 bridgehead atoms. The molecule has 0 aliphatic carbocycles. The molecule has 1 atom stereocenters. The molecule has 0 fully saturated rings. The van der Waals surface area contributed by atoms with Gasteiger partial charge in [-0.2, -0.15) is 0 Å². The lowest BCUT2D eigenvalue weighted by atomic mass is 10.2. The molecule has 180 valence electrons. The van der Waals surface area contributed by atoms with E-state index in [1.54, 1.807) is 21.3 Å². The Morgan fingerprint density at radius 1 is 1.35 bits per heavy atom. The highest BCUT2D eigenvalue weighted by atomic mass is 35.5. The molecule has 0 radical (unpaired) electrons. The second-order valence-electron chi connectivity index (χ2n) is 8.57. The largest absolute Gasteiger partial charge is 0.505 e. The maximum absolute atomic E-state index is 13.6. The molecular weight excluding hydrogens is 463 g/mol. The summed E-state index contributed by atoms with van der Waals surface area (Å²) in [5, 5.41) is 15.5. The normalized spacial score (nSPS) is 16.3. The topological polar surface area (TPSA) is 96.0 Å². The lowest BCUT2D eigenvalue weighted by Crippen LogP contribution is -2.41. The second-order valence-corrected chi connectivity index (χ2v) is 8.98. The lowest BCUT2D eigenvalue weighted by Gasteiger charge is -2.32. The fourth-order valence-electron chi connectivity index (χ4n) is 4.13. The van der Waals surface area contributed by atoms with Crippen LogP contribution in [0.15, 0.2) is 28.0 Å². The Balaban J connectivity index is 2.03. The maximum Gasteiger partial charge on any atom is 0.280 e. The number of hydrogen-bond donors (Lipinski definition) is 1. The van der Waals surface area contributed by atoms with Gasteiger partial charge in [0.15, 0.2) is 17.3 Å². The summed E-state index contributed by atoms with van der Waals surface area (Å²) in [4.78, 5) is 34.6. The third-order valence-corrected chi connectivity index (χ3v) is 6.37. The first-order valence-corrected chi connectivity index (χ1v) is 11.3. The number of amidine groups is 1. The minimum atomic E-state index is -0.584. The predicted octanol–water partition coefficient (Wildman–Crippen LogP) is 3.39. The first kappa shape index (κ1) is 23.7. The van der Waals surface area contributed by atoms with Crippen LogP contribution in [0.2, 0.25) is 5.02 Å². The van der Waals surface area contributed by atoms with E-state index in [4.69, 9.17) is 11.6 Å². The Labute approximate surface area is 200 Å². The first-order valence-electron chi connectivity index (χ1n) is 10.9.